The van der Waals surface area contributed by atoms with Gasteiger partial charge in [0.2, 0.25) is 4.96 Å². The summed E-state index contributed by atoms with van der Waals surface area (Å²) >= 11 is 1.69. The van der Waals surface area contributed by atoms with Crippen LogP contribution in [-0.2, 0) is 6.42 Å². The molecule has 0 radical (unpaired) electrons. The quantitative estimate of drug-likeness (QED) is 0.736. The standard InChI is InChI=1S/C9H13N3S/c1-6(2)4-8-11-12-7(3)5-10-9(12)13-8/h5-6H,4H2,1-3H3. The van der Waals surface area contributed by atoms with Gasteiger partial charge in [-0.3, -0.25) is 0 Å². The van der Waals surface area contributed by atoms with Gasteiger partial charge in [-0.15, -0.1) is 0 Å². The van der Waals surface area contributed by atoms with E-state index in [1.54, 1.807) is 11.3 Å². The van der Waals surface area contributed by atoms with E-state index in [-0.39, 0.29) is 0 Å². The number of fused-ring (bicyclic) bond motifs is 1. The van der Waals surface area contributed by atoms with Crippen molar-refractivity contribution in [2.24, 2.45) is 5.92 Å². The van der Waals surface area contributed by atoms with Gasteiger partial charge in [0.25, 0.3) is 0 Å². The van der Waals surface area contributed by atoms with Crippen LogP contribution in [0.4, 0.5) is 0 Å². The molecule has 70 valence electrons. The highest BCUT2D eigenvalue weighted by Crippen LogP contribution is 2.17. The molecule has 0 aromatic carbocycles. The molecule has 2 aromatic rings. The Labute approximate surface area is 81.4 Å². The van der Waals surface area contributed by atoms with Crippen molar-refractivity contribution in [2.75, 3.05) is 0 Å². The van der Waals surface area contributed by atoms with Gasteiger partial charge in [-0.05, 0) is 12.8 Å². The monoisotopic (exact) mass is 195 g/mol. The minimum atomic E-state index is 0.663. The van der Waals surface area contributed by atoms with Gasteiger partial charge in [0, 0.05) is 6.42 Å². The minimum Gasteiger partial charge on any atom is -0.226 e. The number of rotatable bonds is 2. The molecule has 13 heavy (non-hydrogen) atoms. The molecule has 2 rings (SSSR count). The van der Waals surface area contributed by atoms with Gasteiger partial charge >= 0.3 is 0 Å². The first-order chi connectivity index (χ1) is 6.16. The molecule has 0 saturated heterocycles. The lowest BCUT2D eigenvalue weighted by atomic mass is 10.1. The molecule has 0 aliphatic rings. The molecule has 2 aromatic heterocycles. The summed E-state index contributed by atoms with van der Waals surface area (Å²) in [6, 6.07) is 0. The molecule has 0 N–H and O–H groups in total. The van der Waals surface area contributed by atoms with Crippen molar-refractivity contribution in [3.05, 3.63) is 16.9 Å². The molecule has 0 bridgehead atoms. The fraction of sp³-hybridized carbons (Fsp3) is 0.556. The summed E-state index contributed by atoms with van der Waals surface area (Å²) in [6.07, 6.45) is 2.91. The largest absolute Gasteiger partial charge is 0.226 e. The van der Waals surface area contributed by atoms with Crippen LogP contribution in [0.2, 0.25) is 0 Å². The lowest BCUT2D eigenvalue weighted by molar-refractivity contribution is 0.636. The predicted molar refractivity (Wildman–Crippen MR) is 54.1 cm³/mol. The topological polar surface area (TPSA) is 30.2 Å². The predicted octanol–water partition coefficient (Wildman–Crippen LogP) is 2.30. The zero-order chi connectivity index (χ0) is 9.42. The van der Waals surface area contributed by atoms with Crippen molar-refractivity contribution in [3.8, 4) is 0 Å². The third kappa shape index (κ3) is 1.58. The lowest BCUT2D eigenvalue weighted by Gasteiger charge is -1.97. The van der Waals surface area contributed by atoms with E-state index in [1.165, 1.54) is 5.01 Å². The first-order valence-corrected chi connectivity index (χ1v) is 5.28. The number of aryl methyl sites for hydroxylation is 1. The highest BCUT2D eigenvalue weighted by molar-refractivity contribution is 7.16. The van der Waals surface area contributed by atoms with Crippen LogP contribution < -0.4 is 0 Å². The third-order valence-electron chi connectivity index (χ3n) is 1.88. The normalized spacial score (nSPS) is 11.7. The second-order valence-corrected chi connectivity index (χ2v) is 4.73. The van der Waals surface area contributed by atoms with E-state index in [9.17, 15) is 0 Å². The van der Waals surface area contributed by atoms with Crippen LogP contribution in [0.5, 0.6) is 0 Å². The molecule has 0 fully saturated rings. The van der Waals surface area contributed by atoms with E-state index in [1.807, 2.05) is 17.6 Å². The Morgan fingerprint density at radius 3 is 2.92 bits per heavy atom. The van der Waals surface area contributed by atoms with Crippen LogP contribution in [0.1, 0.15) is 24.5 Å². The van der Waals surface area contributed by atoms with Gasteiger partial charge in [0.15, 0.2) is 0 Å². The zero-order valence-corrected chi connectivity index (χ0v) is 8.93. The minimum absolute atomic E-state index is 0.663. The van der Waals surface area contributed by atoms with E-state index in [0.29, 0.717) is 5.92 Å². The van der Waals surface area contributed by atoms with Crippen LogP contribution in [0.25, 0.3) is 4.96 Å². The maximum absolute atomic E-state index is 4.49. The molecule has 0 amide bonds. The van der Waals surface area contributed by atoms with Crippen molar-refractivity contribution in [1.29, 1.82) is 0 Å². The van der Waals surface area contributed by atoms with Crippen LogP contribution in [0, 0.1) is 12.8 Å². The highest BCUT2D eigenvalue weighted by Gasteiger charge is 2.07. The van der Waals surface area contributed by atoms with Crippen LogP contribution in [-0.4, -0.2) is 14.6 Å². The van der Waals surface area contributed by atoms with Gasteiger partial charge in [-0.1, -0.05) is 25.2 Å². The molecule has 2 heterocycles. The maximum atomic E-state index is 4.49. The molecule has 0 aliphatic heterocycles. The Morgan fingerprint density at radius 2 is 2.31 bits per heavy atom. The smallest absolute Gasteiger partial charge is 0.212 e. The van der Waals surface area contributed by atoms with Gasteiger partial charge in [-0.25, -0.2) is 9.50 Å². The molecule has 0 saturated carbocycles. The van der Waals surface area contributed by atoms with E-state index in [2.05, 4.69) is 23.9 Å². The fourth-order valence-corrected chi connectivity index (χ4v) is 2.40. The summed E-state index contributed by atoms with van der Waals surface area (Å²) < 4.78 is 1.92. The average Bonchev–Trinajstić information content (AvgIpc) is 2.53. The average molecular weight is 195 g/mol. The molecular weight excluding hydrogens is 182 g/mol. The second kappa shape index (κ2) is 3.10. The van der Waals surface area contributed by atoms with Crippen molar-refractivity contribution in [1.82, 2.24) is 14.6 Å². The second-order valence-electron chi connectivity index (χ2n) is 3.69. The first kappa shape index (κ1) is 8.69. The summed E-state index contributed by atoms with van der Waals surface area (Å²) in [6.45, 7) is 6.44. The van der Waals surface area contributed by atoms with E-state index >= 15 is 0 Å². The molecule has 4 heteroatoms. The van der Waals surface area contributed by atoms with Gasteiger partial charge < -0.3 is 0 Å². The fourth-order valence-electron chi connectivity index (χ4n) is 1.27. The van der Waals surface area contributed by atoms with E-state index in [0.717, 1.165) is 17.1 Å². The Bertz CT molecular complexity index is 413. The van der Waals surface area contributed by atoms with Crippen molar-refractivity contribution >= 4 is 16.3 Å². The zero-order valence-electron chi connectivity index (χ0n) is 8.11. The molecule has 0 atom stereocenters. The summed E-state index contributed by atoms with van der Waals surface area (Å²) in [5, 5.41) is 5.67. The number of hydrogen-bond acceptors (Lipinski definition) is 3. The summed E-state index contributed by atoms with van der Waals surface area (Å²) in [4.78, 5) is 5.27. The molecule has 0 spiro atoms. The van der Waals surface area contributed by atoms with E-state index < -0.39 is 0 Å². The Kier molecular flexibility index (Phi) is 2.07. The van der Waals surface area contributed by atoms with E-state index in [4.69, 9.17) is 0 Å². The van der Waals surface area contributed by atoms with Gasteiger partial charge in [-0.2, -0.15) is 5.10 Å². The van der Waals surface area contributed by atoms with Gasteiger partial charge in [0.1, 0.15) is 5.01 Å². The molecule has 3 nitrogen and oxygen atoms in total. The summed E-state index contributed by atoms with van der Waals surface area (Å²) in [5.74, 6) is 0.663. The SMILES string of the molecule is Cc1cnc2sc(CC(C)C)nn12. The first-order valence-electron chi connectivity index (χ1n) is 4.47. The number of nitrogens with zero attached hydrogens (tertiary/aromatic N) is 3. The lowest BCUT2D eigenvalue weighted by Crippen LogP contribution is -1.95. The molecular formula is C9H13N3S. The Hall–Kier alpha value is -0.900. The Balaban J connectivity index is 2.39. The van der Waals surface area contributed by atoms with Crippen LogP contribution >= 0.6 is 11.3 Å². The third-order valence-corrected chi connectivity index (χ3v) is 2.83. The van der Waals surface area contributed by atoms with Crippen LogP contribution in [0.3, 0.4) is 0 Å². The number of imidazole rings is 1. The van der Waals surface area contributed by atoms with Crippen LogP contribution in [0.15, 0.2) is 6.20 Å². The van der Waals surface area contributed by atoms with Gasteiger partial charge in [0.05, 0.1) is 11.9 Å². The number of hydrogen-bond donors (Lipinski definition) is 0. The van der Waals surface area contributed by atoms with Crippen molar-refractivity contribution < 1.29 is 0 Å². The Morgan fingerprint density at radius 1 is 1.54 bits per heavy atom. The molecule has 0 unspecified atom stereocenters. The maximum Gasteiger partial charge on any atom is 0.212 e. The highest BCUT2D eigenvalue weighted by atomic mass is 32.1. The number of aromatic nitrogens is 3. The molecule has 0 aliphatic carbocycles. The summed E-state index contributed by atoms with van der Waals surface area (Å²) in [7, 11) is 0. The van der Waals surface area contributed by atoms with Crippen molar-refractivity contribution in [2.45, 2.75) is 27.2 Å². The summed E-state index contributed by atoms with van der Waals surface area (Å²) in [5.41, 5.74) is 1.11. The van der Waals surface area contributed by atoms with Crippen molar-refractivity contribution in [3.63, 3.8) is 0 Å².